The smallest absolute Gasteiger partial charge is 0.253 e. The zero-order valence-corrected chi connectivity index (χ0v) is 16.2. The zero-order valence-electron chi connectivity index (χ0n) is 15.5. The average molecular weight is 398 g/mol. The first-order valence-corrected chi connectivity index (χ1v) is 9.54. The van der Waals surface area contributed by atoms with Crippen LogP contribution < -0.4 is 4.74 Å². The average Bonchev–Trinajstić information content (AvgIpc) is 3.24. The first-order valence-electron chi connectivity index (χ1n) is 9.17. The van der Waals surface area contributed by atoms with Crippen molar-refractivity contribution in [1.29, 1.82) is 0 Å². The van der Waals surface area contributed by atoms with Gasteiger partial charge in [0.15, 0.2) is 0 Å². The minimum atomic E-state index is 0.00179. The van der Waals surface area contributed by atoms with Gasteiger partial charge in [0.25, 0.3) is 5.91 Å². The molecule has 3 aromatic rings. The van der Waals surface area contributed by atoms with Crippen LogP contribution in [0.5, 0.6) is 5.75 Å². The van der Waals surface area contributed by atoms with Gasteiger partial charge in [-0.2, -0.15) is 4.98 Å². The lowest BCUT2D eigenvalue weighted by atomic mass is 9.97. The van der Waals surface area contributed by atoms with Gasteiger partial charge in [-0.05, 0) is 49.2 Å². The number of likely N-dealkylation sites (tertiary alicyclic amines) is 1. The molecule has 1 amide bonds. The third kappa shape index (κ3) is 3.87. The monoisotopic (exact) mass is 397 g/mol. The van der Waals surface area contributed by atoms with Crippen LogP contribution in [0.15, 0.2) is 53.1 Å². The molecule has 2 aromatic carbocycles. The van der Waals surface area contributed by atoms with Crippen LogP contribution in [0.3, 0.4) is 0 Å². The van der Waals surface area contributed by atoms with Crippen LogP contribution in [0.4, 0.5) is 0 Å². The summed E-state index contributed by atoms with van der Waals surface area (Å²) in [7, 11) is 1.61. The Labute approximate surface area is 168 Å². The fourth-order valence-electron chi connectivity index (χ4n) is 3.43. The standard InChI is InChI=1S/C21H20ClN3O3/c1-27-18-9-7-14(8-10-18)21(26)25-11-3-5-16(13-25)20-23-19(24-28-20)15-4-2-6-17(22)12-15/h2,4,6-10,12,16H,3,5,11,13H2,1H3. The van der Waals surface area contributed by atoms with Crippen molar-refractivity contribution in [1.82, 2.24) is 15.0 Å². The molecule has 1 aliphatic heterocycles. The maximum Gasteiger partial charge on any atom is 0.253 e. The Morgan fingerprint density at radius 3 is 2.82 bits per heavy atom. The number of piperidine rings is 1. The predicted octanol–water partition coefficient (Wildman–Crippen LogP) is 4.42. The highest BCUT2D eigenvalue weighted by Gasteiger charge is 2.29. The highest BCUT2D eigenvalue weighted by molar-refractivity contribution is 6.30. The summed E-state index contributed by atoms with van der Waals surface area (Å²) in [5, 5.41) is 4.71. The van der Waals surface area contributed by atoms with Gasteiger partial charge in [-0.3, -0.25) is 4.79 Å². The fourth-order valence-corrected chi connectivity index (χ4v) is 3.62. The van der Waals surface area contributed by atoms with E-state index in [1.165, 1.54) is 0 Å². The molecule has 0 radical (unpaired) electrons. The molecule has 2 heterocycles. The van der Waals surface area contributed by atoms with Crippen LogP contribution in [0, 0.1) is 0 Å². The summed E-state index contributed by atoms with van der Waals surface area (Å²) in [6, 6.07) is 14.5. The summed E-state index contributed by atoms with van der Waals surface area (Å²) in [6.45, 7) is 1.28. The van der Waals surface area contributed by atoms with E-state index in [-0.39, 0.29) is 11.8 Å². The van der Waals surface area contributed by atoms with Gasteiger partial charge in [0.1, 0.15) is 5.75 Å². The molecule has 1 aliphatic rings. The van der Waals surface area contributed by atoms with Gasteiger partial charge in [0.05, 0.1) is 13.0 Å². The molecular formula is C21H20ClN3O3. The number of ether oxygens (including phenoxy) is 1. The van der Waals surface area contributed by atoms with E-state index in [1.807, 2.05) is 17.0 Å². The second-order valence-electron chi connectivity index (χ2n) is 6.79. The highest BCUT2D eigenvalue weighted by atomic mass is 35.5. The van der Waals surface area contributed by atoms with Crippen molar-refractivity contribution >= 4 is 17.5 Å². The Kier molecular flexibility index (Phi) is 5.30. The number of carbonyl (C=O) groups is 1. The Bertz CT molecular complexity index is 971. The molecule has 28 heavy (non-hydrogen) atoms. The highest BCUT2D eigenvalue weighted by Crippen LogP contribution is 2.29. The quantitative estimate of drug-likeness (QED) is 0.651. The minimum absolute atomic E-state index is 0.00179. The van der Waals surface area contributed by atoms with Gasteiger partial charge in [0, 0.05) is 29.2 Å². The van der Waals surface area contributed by atoms with Gasteiger partial charge >= 0.3 is 0 Å². The van der Waals surface area contributed by atoms with E-state index in [2.05, 4.69) is 10.1 Å². The molecule has 1 aromatic heterocycles. The lowest BCUT2D eigenvalue weighted by Gasteiger charge is -2.31. The van der Waals surface area contributed by atoms with Gasteiger partial charge in [0.2, 0.25) is 11.7 Å². The number of methoxy groups -OCH3 is 1. The number of halogens is 1. The van der Waals surface area contributed by atoms with Crippen LogP contribution in [-0.4, -0.2) is 41.1 Å². The SMILES string of the molecule is COc1ccc(C(=O)N2CCCC(c3nc(-c4cccc(Cl)c4)no3)C2)cc1. The van der Waals surface area contributed by atoms with Crippen LogP contribution >= 0.6 is 11.6 Å². The summed E-state index contributed by atoms with van der Waals surface area (Å²) in [5.74, 6) is 1.82. The Balaban J connectivity index is 1.48. The van der Waals surface area contributed by atoms with E-state index in [1.54, 1.807) is 43.5 Å². The molecule has 1 fully saturated rings. The summed E-state index contributed by atoms with van der Waals surface area (Å²) in [6.07, 6.45) is 1.80. The number of amides is 1. The van der Waals surface area contributed by atoms with E-state index in [0.717, 1.165) is 30.7 Å². The number of benzene rings is 2. The lowest BCUT2D eigenvalue weighted by molar-refractivity contribution is 0.0695. The molecule has 0 spiro atoms. The molecule has 144 valence electrons. The summed E-state index contributed by atoms with van der Waals surface area (Å²) >= 11 is 6.04. The maximum absolute atomic E-state index is 12.8. The summed E-state index contributed by atoms with van der Waals surface area (Å²) in [5.41, 5.74) is 1.45. The first kappa shape index (κ1) is 18.5. The predicted molar refractivity (Wildman–Crippen MR) is 106 cm³/mol. The lowest BCUT2D eigenvalue weighted by Crippen LogP contribution is -2.39. The number of rotatable bonds is 4. The van der Waals surface area contributed by atoms with Crippen molar-refractivity contribution in [2.45, 2.75) is 18.8 Å². The van der Waals surface area contributed by atoms with E-state index >= 15 is 0 Å². The molecule has 0 N–H and O–H groups in total. The molecule has 0 saturated carbocycles. The van der Waals surface area contributed by atoms with Crippen molar-refractivity contribution in [3.63, 3.8) is 0 Å². The van der Waals surface area contributed by atoms with Gasteiger partial charge in [-0.25, -0.2) is 0 Å². The number of aromatic nitrogens is 2. The van der Waals surface area contributed by atoms with Crippen molar-refractivity contribution in [2.75, 3.05) is 20.2 Å². The maximum atomic E-state index is 12.8. The van der Waals surface area contributed by atoms with E-state index in [4.69, 9.17) is 20.9 Å². The van der Waals surface area contributed by atoms with Crippen molar-refractivity contribution < 1.29 is 14.1 Å². The Hall–Kier alpha value is -2.86. The third-order valence-corrected chi connectivity index (χ3v) is 5.15. The number of hydrogen-bond acceptors (Lipinski definition) is 5. The van der Waals surface area contributed by atoms with Crippen LogP contribution in [0.2, 0.25) is 5.02 Å². The summed E-state index contributed by atoms with van der Waals surface area (Å²) < 4.78 is 10.7. The minimum Gasteiger partial charge on any atom is -0.497 e. The summed E-state index contributed by atoms with van der Waals surface area (Å²) in [4.78, 5) is 19.2. The first-order chi connectivity index (χ1) is 13.6. The van der Waals surface area contributed by atoms with Crippen LogP contribution in [-0.2, 0) is 0 Å². The molecule has 6 nitrogen and oxygen atoms in total. The van der Waals surface area contributed by atoms with E-state index in [9.17, 15) is 4.79 Å². The van der Waals surface area contributed by atoms with Gasteiger partial charge < -0.3 is 14.2 Å². The second kappa shape index (κ2) is 8.02. The molecule has 4 rings (SSSR count). The van der Waals surface area contributed by atoms with Gasteiger partial charge in [-0.15, -0.1) is 0 Å². The molecule has 1 atom stereocenters. The van der Waals surface area contributed by atoms with Crippen molar-refractivity contribution in [2.24, 2.45) is 0 Å². The molecule has 0 aliphatic carbocycles. The largest absolute Gasteiger partial charge is 0.497 e. The molecule has 7 heteroatoms. The topological polar surface area (TPSA) is 68.5 Å². The zero-order chi connectivity index (χ0) is 19.5. The number of hydrogen-bond donors (Lipinski definition) is 0. The number of nitrogens with zero attached hydrogens (tertiary/aromatic N) is 3. The third-order valence-electron chi connectivity index (χ3n) is 4.92. The van der Waals surface area contributed by atoms with Gasteiger partial charge in [-0.1, -0.05) is 28.9 Å². The molecule has 1 unspecified atom stereocenters. The van der Waals surface area contributed by atoms with Crippen LogP contribution in [0.25, 0.3) is 11.4 Å². The number of carbonyl (C=O) groups excluding carboxylic acids is 1. The Morgan fingerprint density at radius 1 is 1.25 bits per heavy atom. The Morgan fingerprint density at radius 2 is 2.07 bits per heavy atom. The molecular weight excluding hydrogens is 378 g/mol. The molecule has 0 bridgehead atoms. The van der Waals surface area contributed by atoms with Crippen molar-refractivity contribution in [3.05, 3.63) is 65.0 Å². The van der Waals surface area contributed by atoms with E-state index < -0.39 is 0 Å². The van der Waals surface area contributed by atoms with E-state index in [0.29, 0.717) is 28.8 Å². The molecule has 1 saturated heterocycles. The van der Waals surface area contributed by atoms with Crippen molar-refractivity contribution in [3.8, 4) is 17.1 Å². The normalized spacial score (nSPS) is 16.8. The second-order valence-corrected chi connectivity index (χ2v) is 7.22. The van der Waals surface area contributed by atoms with Crippen LogP contribution in [0.1, 0.15) is 35.0 Å². The fraction of sp³-hybridized carbons (Fsp3) is 0.286.